The van der Waals surface area contributed by atoms with Gasteiger partial charge in [-0.1, -0.05) is 0 Å². The van der Waals surface area contributed by atoms with Crippen LogP contribution >= 0.6 is 0 Å². The summed E-state index contributed by atoms with van der Waals surface area (Å²) in [6.45, 7) is 9.23. The Morgan fingerprint density at radius 2 is 1.86 bits per heavy atom. The summed E-state index contributed by atoms with van der Waals surface area (Å²) in [6, 6.07) is 1.37. The number of nitrogens with one attached hydrogen (secondary N) is 2. The molecule has 2 atom stereocenters. The molecule has 0 rings (SSSR count). The standard InChI is InChI=1S/C10H19N3O/c1-7(6-11)12-8(2)9(14)13-10(3,4)5/h7-8,12H,1-5H3,(H,13,14). The van der Waals surface area contributed by atoms with Crippen LogP contribution in [0.1, 0.15) is 34.6 Å². The van der Waals surface area contributed by atoms with Gasteiger partial charge in [0.05, 0.1) is 18.2 Å². The second-order valence-corrected chi connectivity index (χ2v) is 4.48. The van der Waals surface area contributed by atoms with Crippen molar-refractivity contribution in [1.29, 1.82) is 5.26 Å². The molecule has 0 saturated carbocycles. The van der Waals surface area contributed by atoms with Crippen molar-refractivity contribution >= 4 is 5.91 Å². The molecule has 0 spiro atoms. The van der Waals surface area contributed by atoms with E-state index in [-0.39, 0.29) is 23.5 Å². The van der Waals surface area contributed by atoms with Crippen LogP contribution in [-0.4, -0.2) is 23.5 Å². The molecule has 80 valence electrons. The lowest BCUT2D eigenvalue weighted by molar-refractivity contribution is -0.124. The summed E-state index contributed by atoms with van der Waals surface area (Å²) in [5, 5.41) is 14.3. The molecule has 0 aromatic rings. The van der Waals surface area contributed by atoms with Gasteiger partial charge < -0.3 is 5.32 Å². The topological polar surface area (TPSA) is 64.9 Å². The van der Waals surface area contributed by atoms with Crippen molar-refractivity contribution < 1.29 is 4.79 Å². The van der Waals surface area contributed by atoms with E-state index >= 15 is 0 Å². The minimum atomic E-state index is -0.344. The second-order valence-electron chi connectivity index (χ2n) is 4.48. The van der Waals surface area contributed by atoms with E-state index in [0.29, 0.717) is 0 Å². The van der Waals surface area contributed by atoms with Crippen molar-refractivity contribution in [3.8, 4) is 6.07 Å². The predicted molar refractivity (Wildman–Crippen MR) is 55.6 cm³/mol. The SMILES string of the molecule is CC(C#N)NC(C)C(=O)NC(C)(C)C. The Kier molecular flexibility index (Phi) is 4.58. The van der Waals surface area contributed by atoms with Crippen molar-refractivity contribution in [2.75, 3.05) is 0 Å². The van der Waals surface area contributed by atoms with Gasteiger partial charge in [0.15, 0.2) is 0 Å². The van der Waals surface area contributed by atoms with Gasteiger partial charge in [-0.25, -0.2) is 0 Å². The fourth-order valence-electron chi connectivity index (χ4n) is 0.966. The Labute approximate surface area is 85.7 Å². The average Bonchev–Trinajstić information content (AvgIpc) is 2.00. The van der Waals surface area contributed by atoms with E-state index < -0.39 is 0 Å². The van der Waals surface area contributed by atoms with Crippen molar-refractivity contribution in [2.45, 2.75) is 52.2 Å². The van der Waals surface area contributed by atoms with Crippen LogP contribution < -0.4 is 10.6 Å². The summed E-state index contributed by atoms with van der Waals surface area (Å²) in [4.78, 5) is 11.5. The summed E-state index contributed by atoms with van der Waals surface area (Å²) in [6.07, 6.45) is 0. The smallest absolute Gasteiger partial charge is 0.237 e. The highest BCUT2D eigenvalue weighted by Crippen LogP contribution is 1.99. The van der Waals surface area contributed by atoms with Crippen molar-refractivity contribution in [1.82, 2.24) is 10.6 Å². The molecule has 0 aromatic carbocycles. The molecular formula is C10H19N3O. The van der Waals surface area contributed by atoms with Crippen LogP contribution in [0.2, 0.25) is 0 Å². The number of amides is 1. The van der Waals surface area contributed by atoms with Gasteiger partial charge in [-0.2, -0.15) is 5.26 Å². The molecule has 0 aliphatic rings. The van der Waals surface area contributed by atoms with E-state index in [0.717, 1.165) is 0 Å². The van der Waals surface area contributed by atoms with Crippen molar-refractivity contribution in [2.24, 2.45) is 0 Å². The molecule has 0 radical (unpaired) electrons. The van der Waals surface area contributed by atoms with Crippen molar-refractivity contribution in [3.05, 3.63) is 0 Å². The van der Waals surface area contributed by atoms with Gasteiger partial charge >= 0.3 is 0 Å². The third-order valence-electron chi connectivity index (χ3n) is 1.59. The normalized spacial score (nSPS) is 15.4. The van der Waals surface area contributed by atoms with E-state index in [1.807, 2.05) is 26.8 Å². The van der Waals surface area contributed by atoms with Gasteiger partial charge in [0.1, 0.15) is 0 Å². The van der Waals surface area contributed by atoms with Crippen LogP contribution in [0.5, 0.6) is 0 Å². The Bertz CT molecular complexity index is 237. The van der Waals surface area contributed by atoms with Gasteiger partial charge in [-0.15, -0.1) is 0 Å². The van der Waals surface area contributed by atoms with Gasteiger partial charge in [0.25, 0.3) is 0 Å². The molecule has 0 aliphatic carbocycles. The molecule has 0 aliphatic heterocycles. The fourth-order valence-corrected chi connectivity index (χ4v) is 0.966. The molecule has 4 nitrogen and oxygen atoms in total. The minimum Gasteiger partial charge on any atom is -0.350 e. The van der Waals surface area contributed by atoms with Crippen LogP contribution in [0, 0.1) is 11.3 Å². The Morgan fingerprint density at radius 3 is 2.21 bits per heavy atom. The molecule has 0 aromatic heterocycles. The fraction of sp³-hybridized carbons (Fsp3) is 0.800. The largest absolute Gasteiger partial charge is 0.350 e. The second kappa shape index (κ2) is 4.97. The molecule has 2 N–H and O–H groups in total. The third kappa shape index (κ3) is 5.55. The number of hydrogen-bond acceptors (Lipinski definition) is 3. The zero-order valence-electron chi connectivity index (χ0n) is 9.51. The minimum absolute atomic E-state index is 0.0837. The highest BCUT2D eigenvalue weighted by molar-refractivity contribution is 5.81. The van der Waals surface area contributed by atoms with Crippen LogP contribution in [0.25, 0.3) is 0 Å². The zero-order valence-corrected chi connectivity index (χ0v) is 9.51. The van der Waals surface area contributed by atoms with Crippen molar-refractivity contribution in [3.63, 3.8) is 0 Å². The summed E-state index contributed by atoms with van der Waals surface area (Å²) in [7, 11) is 0. The predicted octanol–water partition coefficient (Wildman–Crippen LogP) is 0.791. The van der Waals surface area contributed by atoms with Crippen LogP contribution in [-0.2, 0) is 4.79 Å². The van der Waals surface area contributed by atoms with Gasteiger partial charge in [0.2, 0.25) is 5.91 Å². The first kappa shape index (κ1) is 12.9. The first-order valence-corrected chi connectivity index (χ1v) is 4.74. The molecule has 0 fully saturated rings. The lowest BCUT2D eigenvalue weighted by Gasteiger charge is -2.24. The zero-order chi connectivity index (χ0) is 11.4. The number of rotatable bonds is 3. The number of carbonyl (C=O) groups excluding carboxylic acids is 1. The van der Waals surface area contributed by atoms with Crippen LogP contribution in [0.3, 0.4) is 0 Å². The summed E-state index contributed by atoms with van der Waals surface area (Å²) in [5.74, 6) is -0.0837. The number of hydrogen-bond donors (Lipinski definition) is 2. The Hall–Kier alpha value is -1.08. The van der Waals surface area contributed by atoms with Crippen LogP contribution in [0.4, 0.5) is 0 Å². The Balaban J connectivity index is 4.08. The first-order chi connectivity index (χ1) is 6.26. The highest BCUT2D eigenvalue weighted by atomic mass is 16.2. The molecule has 1 amide bonds. The summed E-state index contributed by atoms with van der Waals surface area (Å²) >= 11 is 0. The third-order valence-corrected chi connectivity index (χ3v) is 1.59. The lowest BCUT2D eigenvalue weighted by atomic mass is 10.1. The number of nitriles is 1. The van der Waals surface area contributed by atoms with Gasteiger partial charge in [-0.05, 0) is 34.6 Å². The molecule has 2 unspecified atom stereocenters. The molecular weight excluding hydrogens is 178 g/mol. The molecule has 0 saturated heterocycles. The van der Waals surface area contributed by atoms with Gasteiger partial charge in [-0.3, -0.25) is 10.1 Å². The maximum Gasteiger partial charge on any atom is 0.237 e. The monoisotopic (exact) mass is 197 g/mol. The van der Waals surface area contributed by atoms with Gasteiger partial charge in [0, 0.05) is 5.54 Å². The average molecular weight is 197 g/mol. The molecule has 0 bridgehead atoms. The van der Waals surface area contributed by atoms with E-state index in [1.165, 1.54) is 0 Å². The highest BCUT2D eigenvalue weighted by Gasteiger charge is 2.19. The summed E-state index contributed by atoms with van der Waals surface area (Å²) in [5.41, 5.74) is -0.233. The maximum atomic E-state index is 11.5. The number of nitrogens with zero attached hydrogens (tertiary/aromatic N) is 1. The van der Waals surface area contributed by atoms with E-state index in [9.17, 15) is 4.79 Å². The number of carbonyl (C=O) groups is 1. The maximum absolute atomic E-state index is 11.5. The molecule has 14 heavy (non-hydrogen) atoms. The first-order valence-electron chi connectivity index (χ1n) is 4.74. The van der Waals surface area contributed by atoms with E-state index in [4.69, 9.17) is 5.26 Å². The quantitative estimate of drug-likeness (QED) is 0.703. The van der Waals surface area contributed by atoms with Crippen LogP contribution in [0.15, 0.2) is 0 Å². The van der Waals surface area contributed by atoms with E-state index in [1.54, 1.807) is 13.8 Å². The lowest BCUT2D eigenvalue weighted by Crippen LogP contribution is -2.51. The summed E-state index contributed by atoms with van der Waals surface area (Å²) < 4.78 is 0. The Morgan fingerprint density at radius 1 is 1.36 bits per heavy atom. The van der Waals surface area contributed by atoms with E-state index in [2.05, 4.69) is 10.6 Å². The molecule has 4 heteroatoms. The molecule has 0 heterocycles.